The quantitative estimate of drug-likeness (QED) is 0.129. The Balaban J connectivity index is 0.793. The second-order valence-corrected chi connectivity index (χ2v) is 22.7. The number of carbonyl (C=O) groups excluding carboxylic acids is 4. The average molecular weight is 1130 g/mol. The fourth-order valence-corrected chi connectivity index (χ4v) is 13.2. The molecular formula is C58H73N5O18. The van der Waals surface area contributed by atoms with E-state index in [-0.39, 0.29) is 32.7 Å². The number of hydrogen-bond acceptors (Lipinski definition) is 19. The van der Waals surface area contributed by atoms with E-state index in [4.69, 9.17) is 67.3 Å². The van der Waals surface area contributed by atoms with Crippen LogP contribution in [0, 0.1) is 0 Å². The molecule has 9 fully saturated rings. The van der Waals surface area contributed by atoms with Gasteiger partial charge in [0.25, 0.3) is 0 Å². The molecule has 438 valence electrons. The fourth-order valence-electron chi connectivity index (χ4n) is 13.2. The Labute approximate surface area is 469 Å². The third-order valence-electron chi connectivity index (χ3n) is 17.2. The molecule has 6 aliphatic heterocycles. The van der Waals surface area contributed by atoms with Crippen LogP contribution < -0.4 is 21.7 Å². The Kier molecular flexibility index (Phi) is 16.7. The van der Waals surface area contributed by atoms with Gasteiger partial charge in [-0.3, -0.25) is 4.90 Å². The summed E-state index contributed by atoms with van der Waals surface area (Å²) in [4.78, 5) is 55.9. The van der Waals surface area contributed by atoms with Gasteiger partial charge in [-0.25, -0.2) is 19.2 Å². The molecule has 3 saturated carbocycles. The van der Waals surface area contributed by atoms with Crippen molar-refractivity contribution in [3.05, 3.63) is 108 Å². The van der Waals surface area contributed by atoms with Crippen molar-refractivity contribution in [2.75, 3.05) is 13.7 Å². The van der Waals surface area contributed by atoms with Crippen molar-refractivity contribution in [3.63, 3.8) is 0 Å². The zero-order chi connectivity index (χ0) is 55.7. The van der Waals surface area contributed by atoms with E-state index < -0.39 is 147 Å². The number of likely N-dealkylation sites (N-methyl/N-ethyl adjacent to an activating group) is 1. The van der Waals surface area contributed by atoms with Crippen LogP contribution in [-0.2, 0) is 81.4 Å². The number of nitrogens with zero attached hydrogens (tertiary/aromatic N) is 1. The zero-order valence-electron chi connectivity index (χ0n) is 45.2. The first kappa shape index (κ1) is 55.8. The van der Waals surface area contributed by atoms with Crippen LogP contribution in [0.5, 0.6) is 0 Å². The smallest absolute Gasteiger partial charge is 0.410 e. The molecule has 23 heteroatoms. The highest BCUT2D eigenvalue weighted by atomic mass is 16.8. The van der Waals surface area contributed by atoms with Crippen LogP contribution in [0.1, 0.15) is 93.7 Å². The molecule has 6 heterocycles. The molecule has 0 radical (unpaired) electrons. The summed E-state index contributed by atoms with van der Waals surface area (Å²) in [6.45, 7) is -0.493. The van der Waals surface area contributed by atoms with E-state index in [1.54, 1.807) is 7.05 Å². The minimum atomic E-state index is -1.26. The number of aliphatic hydroxyl groups is 1. The van der Waals surface area contributed by atoms with Crippen LogP contribution >= 0.6 is 0 Å². The summed E-state index contributed by atoms with van der Waals surface area (Å²) >= 11 is 0. The van der Waals surface area contributed by atoms with Gasteiger partial charge < -0.3 is 88.4 Å². The molecule has 0 bridgehead atoms. The van der Waals surface area contributed by atoms with Gasteiger partial charge >= 0.3 is 24.4 Å². The molecule has 23 nitrogen and oxygen atoms in total. The average Bonchev–Trinajstić information content (AvgIpc) is 4.19. The topological polar surface area (TPSA) is 274 Å². The molecule has 6 N–H and O–H groups in total. The molecule has 0 aromatic heterocycles. The van der Waals surface area contributed by atoms with Gasteiger partial charge in [-0.1, -0.05) is 104 Å². The number of carbonyl (C=O) groups is 4. The lowest BCUT2D eigenvalue weighted by Gasteiger charge is -2.51. The molecule has 81 heavy (non-hydrogen) atoms. The monoisotopic (exact) mass is 1130 g/mol. The van der Waals surface area contributed by atoms with Gasteiger partial charge in [-0.2, -0.15) is 0 Å². The van der Waals surface area contributed by atoms with Gasteiger partial charge in [0.1, 0.15) is 68.6 Å². The van der Waals surface area contributed by atoms with E-state index in [9.17, 15) is 24.3 Å². The lowest BCUT2D eigenvalue weighted by molar-refractivity contribution is -0.369. The molecule has 9 aliphatic rings. The van der Waals surface area contributed by atoms with Gasteiger partial charge in [-0.15, -0.1) is 0 Å². The van der Waals surface area contributed by atoms with Crippen molar-refractivity contribution in [3.8, 4) is 0 Å². The number of nitrogens with two attached hydrogens (primary N) is 1. The van der Waals surface area contributed by atoms with E-state index >= 15 is 0 Å². The Morgan fingerprint density at radius 1 is 0.580 bits per heavy atom. The third kappa shape index (κ3) is 12.1. The molecule has 3 aromatic carbocycles. The first-order valence-electron chi connectivity index (χ1n) is 28.6. The van der Waals surface area contributed by atoms with Crippen molar-refractivity contribution in [2.45, 2.75) is 212 Å². The molecule has 2 spiro atoms. The predicted octanol–water partition coefficient (Wildman–Crippen LogP) is 5.27. The molecule has 12 rings (SSSR count). The number of nitrogens with one attached hydrogen (secondary N) is 3. The van der Waals surface area contributed by atoms with E-state index in [2.05, 4.69) is 16.0 Å². The second kappa shape index (κ2) is 24.3. The summed E-state index contributed by atoms with van der Waals surface area (Å²) in [5.74, 6) is -1.95. The molecule has 4 amide bonds. The number of hydrogen-bond donors (Lipinski definition) is 5. The predicted molar refractivity (Wildman–Crippen MR) is 280 cm³/mol. The standard InChI is InChI=1S/C58H73N5O18/c1-63-42-47(76-56(63)68)45-39(72-51(42)77-52-49-46(79-58(81-49)25-15-6-16-26-58)41(40(29-64)73-52)62-55(67)71-32-35-21-11-4-12-22-35)28-38(61-54(66)70-31-34-19-9-3-10-20-34)50(75-45)74-43-36(59)27-37(60-53(65)69-30-33-17-7-2-8-18-33)44-48(43)80-57(78-44)23-13-5-14-24-57/h2-4,7-12,17-22,36-52,64H,5-6,13-16,23-32,59H2,1H3,(H,60,65)(H,61,66)(H,62,67)/t36?,37-,38+,39+,40?,41-,42?,43-,44-,45?,46+,47?,48?,49?,50+,51?,52-/m1/s1. The largest absolute Gasteiger partial charge is 0.445 e. The summed E-state index contributed by atoms with van der Waals surface area (Å²) in [6.07, 6.45) is -6.65. The SMILES string of the molecule is CN1C(=O)OC2C3O[C@H](O[C@@H]4C(N)C[C@@H](NC(=O)OCc5ccccc5)[C@H]5OC6(CCCCC6)OC45)[C@@H](NC(=O)OCc4ccccc4)C[C@@H]3OC(O[C@H]3OC(CO)[C@@H](NC(=O)OCc4ccccc4)[C@@H]4OC5(CCCCC5)OC34)C21. The number of aliphatic hydroxyl groups excluding tert-OH is 1. The second-order valence-electron chi connectivity index (χ2n) is 22.7. The van der Waals surface area contributed by atoms with Crippen molar-refractivity contribution >= 4 is 24.4 Å². The van der Waals surface area contributed by atoms with Crippen LogP contribution in [0.2, 0.25) is 0 Å². The van der Waals surface area contributed by atoms with Gasteiger partial charge in [-0.05, 0) is 48.8 Å². The van der Waals surface area contributed by atoms with Crippen LogP contribution in [0.3, 0.4) is 0 Å². The maximum atomic E-state index is 13.9. The van der Waals surface area contributed by atoms with E-state index in [0.717, 1.165) is 55.2 Å². The molecule has 3 aromatic rings. The Hall–Kier alpha value is -5.70. The highest BCUT2D eigenvalue weighted by Gasteiger charge is 2.65. The molecule has 17 atom stereocenters. The number of rotatable bonds is 14. The molecule has 8 unspecified atom stereocenters. The van der Waals surface area contributed by atoms with Crippen molar-refractivity contribution in [1.29, 1.82) is 0 Å². The Morgan fingerprint density at radius 3 is 1.67 bits per heavy atom. The first-order valence-corrected chi connectivity index (χ1v) is 28.6. The highest BCUT2D eigenvalue weighted by molar-refractivity contribution is 5.71. The number of benzene rings is 3. The van der Waals surface area contributed by atoms with Gasteiger partial charge in [0, 0.05) is 45.2 Å². The minimum absolute atomic E-state index is 0.0118. The van der Waals surface area contributed by atoms with Gasteiger partial charge in [0.05, 0.1) is 30.8 Å². The molecule has 3 aliphatic carbocycles. The van der Waals surface area contributed by atoms with Gasteiger partial charge in [0.2, 0.25) is 0 Å². The number of ether oxygens (including phenoxy) is 13. The van der Waals surface area contributed by atoms with Crippen molar-refractivity contribution < 1.29 is 85.9 Å². The number of alkyl carbamates (subject to hydrolysis) is 3. The summed E-state index contributed by atoms with van der Waals surface area (Å²) in [5.41, 5.74) is 9.47. The number of amides is 4. The highest BCUT2D eigenvalue weighted by Crippen LogP contribution is 2.49. The maximum absolute atomic E-state index is 13.9. The van der Waals surface area contributed by atoms with Gasteiger partial charge in [0.15, 0.2) is 36.5 Å². The van der Waals surface area contributed by atoms with Crippen LogP contribution in [-0.4, -0.2) is 164 Å². The van der Waals surface area contributed by atoms with Crippen LogP contribution in [0.25, 0.3) is 0 Å². The number of fused-ring (bicyclic) bond motifs is 5. The van der Waals surface area contributed by atoms with E-state index in [1.807, 2.05) is 91.0 Å². The third-order valence-corrected chi connectivity index (χ3v) is 17.2. The summed E-state index contributed by atoms with van der Waals surface area (Å²) in [7, 11) is 1.56. The normalized spacial score (nSPS) is 36.3. The Morgan fingerprint density at radius 2 is 1.10 bits per heavy atom. The van der Waals surface area contributed by atoms with Crippen LogP contribution in [0.4, 0.5) is 19.2 Å². The summed E-state index contributed by atoms with van der Waals surface area (Å²) in [5, 5.41) is 19.8. The fraction of sp³-hybridized carbons (Fsp3) is 0.621. The van der Waals surface area contributed by atoms with Crippen molar-refractivity contribution in [1.82, 2.24) is 20.9 Å². The van der Waals surface area contributed by atoms with E-state index in [1.165, 1.54) is 4.90 Å². The lowest BCUT2D eigenvalue weighted by atomic mass is 9.84. The zero-order valence-corrected chi connectivity index (χ0v) is 45.2. The lowest BCUT2D eigenvalue weighted by Crippen LogP contribution is -2.69. The summed E-state index contributed by atoms with van der Waals surface area (Å²) in [6, 6.07) is 23.7. The minimum Gasteiger partial charge on any atom is -0.445 e. The molecular weight excluding hydrogens is 1050 g/mol. The maximum Gasteiger partial charge on any atom is 0.410 e. The van der Waals surface area contributed by atoms with Crippen LogP contribution in [0.15, 0.2) is 91.0 Å². The first-order chi connectivity index (χ1) is 39.4. The molecule has 6 saturated heterocycles. The summed E-state index contributed by atoms with van der Waals surface area (Å²) < 4.78 is 84.6. The van der Waals surface area contributed by atoms with Crippen molar-refractivity contribution in [2.24, 2.45) is 5.73 Å². The van der Waals surface area contributed by atoms with E-state index in [0.29, 0.717) is 25.7 Å². The Bertz CT molecular complexity index is 2640.